The summed E-state index contributed by atoms with van der Waals surface area (Å²) in [7, 11) is 0. The third-order valence-electron chi connectivity index (χ3n) is 7.66. The largest absolute Gasteiger partial charge is 0.454 e. The van der Waals surface area contributed by atoms with Crippen LogP contribution in [0.4, 0.5) is 30.2 Å². The lowest BCUT2D eigenvalue weighted by Gasteiger charge is -2.25. The molecular weight excluding hydrogens is 547 g/mol. The van der Waals surface area contributed by atoms with Crippen molar-refractivity contribution in [1.82, 2.24) is 0 Å². The van der Waals surface area contributed by atoms with Crippen molar-refractivity contribution in [2.45, 2.75) is 97.1 Å². The van der Waals surface area contributed by atoms with Crippen LogP contribution in [0, 0.1) is 0 Å². The van der Waals surface area contributed by atoms with Gasteiger partial charge in [-0.25, -0.2) is 0 Å². The van der Waals surface area contributed by atoms with Gasteiger partial charge in [0.15, 0.2) is 0 Å². The molecule has 7 heteroatoms. The Hall–Kier alpha value is -3.48. The lowest BCUT2D eigenvalue weighted by atomic mass is 10.0. The van der Waals surface area contributed by atoms with E-state index in [4.69, 9.17) is 0 Å². The fraction of sp³-hybridized carbons (Fsp3) is 0.472. The Bertz CT molecular complexity index is 1220. The molecule has 0 heterocycles. The number of anilines is 1. The number of ketones is 1. The third-order valence-corrected chi connectivity index (χ3v) is 7.66. The van der Waals surface area contributed by atoms with Gasteiger partial charge in [0.2, 0.25) is 0 Å². The molecule has 43 heavy (non-hydrogen) atoms. The Labute approximate surface area is 255 Å². The Balaban J connectivity index is 1.58. The molecule has 0 aliphatic rings. The second-order valence-electron chi connectivity index (χ2n) is 11.2. The molecule has 3 rings (SSSR count). The van der Waals surface area contributed by atoms with Crippen molar-refractivity contribution in [2.75, 3.05) is 18.0 Å². The van der Waals surface area contributed by atoms with Gasteiger partial charge in [-0.05, 0) is 72.5 Å². The first kappa shape index (κ1) is 34.0. The lowest BCUT2D eigenvalue weighted by molar-refractivity contribution is -0.0885. The van der Waals surface area contributed by atoms with Crippen LogP contribution >= 0.6 is 0 Å². The van der Waals surface area contributed by atoms with E-state index < -0.39 is 17.5 Å². The predicted octanol–water partition coefficient (Wildman–Crippen LogP) is 12.0. The summed E-state index contributed by atoms with van der Waals surface area (Å²) in [5.41, 5.74) is 4.04. The molecule has 0 radical (unpaired) electrons. The molecule has 0 amide bonds. The minimum atomic E-state index is -4.90. The van der Waals surface area contributed by atoms with Gasteiger partial charge < -0.3 is 4.90 Å². The van der Waals surface area contributed by atoms with E-state index in [1.54, 1.807) is 0 Å². The molecule has 0 N–H and O–H groups in total. The van der Waals surface area contributed by atoms with Crippen molar-refractivity contribution in [1.29, 1.82) is 0 Å². The summed E-state index contributed by atoms with van der Waals surface area (Å²) < 4.78 is 37.8. The predicted molar refractivity (Wildman–Crippen MR) is 172 cm³/mol. The molecule has 0 aliphatic carbocycles. The number of rotatable bonds is 19. The van der Waals surface area contributed by atoms with Crippen molar-refractivity contribution >= 4 is 22.8 Å². The molecule has 0 saturated heterocycles. The number of azo groups is 1. The zero-order chi connectivity index (χ0) is 30.9. The van der Waals surface area contributed by atoms with Gasteiger partial charge in [-0.15, -0.1) is 0 Å². The molecule has 0 bridgehead atoms. The van der Waals surface area contributed by atoms with Crippen molar-refractivity contribution < 1.29 is 18.0 Å². The number of hydrogen-bond acceptors (Lipinski definition) is 4. The Morgan fingerprint density at radius 1 is 0.581 bits per heavy atom. The SMILES string of the molecule is CCCCCCCCN(CCCCCCCC)c1ccc(-c2ccc(N=Nc3ccc(C(=O)C(F)(F)F)cc3)cc2)cc1. The summed E-state index contributed by atoms with van der Waals surface area (Å²) in [6.07, 6.45) is 10.7. The van der Waals surface area contributed by atoms with Gasteiger partial charge in [0, 0.05) is 24.3 Å². The molecule has 3 aromatic rings. The topological polar surface area (TPSA) is 45.0 Å². The summed E-state index contributed by atoms with van der Waals surface area (Å²) in [5, 5.41) is 8.28. The van der Waals surface area contributed by atoms with E-state index in [1.807, 2.05) is 24.3 Å². The van der Waals surface area contributed by atoms with Gasteiger partial charge in [0.1, 0.15) is 0 Å². The molecule has 0 spiro atoms. The smallest absolute Gasteiger partial charge is 0.372 e. The van der Waals surface area contributed by atoms with Crippen LogP contribution in [-0.2, 0) is 0 Å². The lowest BCUT2D eigenvalue weighted by Crippen LogP contribution is -2.25. The number of halogens is 3. The number of alkyl halides is 3. The maximum absolute atomic E-state index is 12.6. The number of nitrogens with zero attached hydrogens (tertiary/aromatic N) is 3. The fourth-order valence-corrected chi connectivity index (χ4v) is 5.08. The molecule has 0 saturated carbocycles. The average Bonchev–Trinajstić information content (AvgIpc) is 3.02. The number of carbonyl (C=O) groups is 1. The van der Waals surface area contributed by atoms with E-state index in [1.165, 1.54) is 94.9 Å². The summed E-state index contributed by atoms with van der Waals surface area (Å²) in [4.78, 5) is 13.9. The van der Waals surface area contributed by atoms with E-state index in [2.05, 4.69) is 53.2 Å². The van der Waals surface area contributed by atoms with E-state index in [0.29, 0.717) is 11.4 Å². The van der Waals surface area contributed by atoms with Crippen molar-refractivity contribution in [3.8, 4) is 11.1 Å². The molecule has 3 aromatic carbocycles. The molecule has 0 aliphatic heterocycles. The van der Waals surface area contributed by atoms with Crippen molar-refractivity contribution in [3.63, 3.8) is 0 Å². The van der Waals surface area contributed by atoms with Gasteiger partial charge in [0.25, 0.3) is 5.78 Å². The second kappa shape index (κ2) is 18.2. The van der Waals surface area contributed by atoms with Crippen LogP contribution in [0.1, 0.15) is 101 Å². The molecule has 232 valence electrons. The maximum Gasteiger partial charge on any atom is 0.454 e. The summed E-state index contributed by atoms with van der Waals surface area (Å²) >= 11 is 0. The highest BCUT2D eigenvalue weighted by Crippen LogP contribution is 2.28. The zero-order valence-electron chi connectivity index (χ0n) is 25.7. The van der Waals surface area contributed by atoms with Crippen LogP contribution in [0.5, 0.6) is 0 Å². The molecule has 0 aromatic heterocycles. The van der Waals surface area contributed by atoms with Crippen LogP contribution in [0.15, 0.2) is 83.0 Å². The van der Waals surface area contributed by atoms with Crippen LogP contribution in [0.3, 0.4) is 0 Å². The highest BCUT2D eigenvalue weighted by atomic mass is 19.4. The van der Waals surface area contributed by atoms with Gasteiger partial charge in [-0.3, -0.25) is 4.79 Å². The minimum absolute atomic E-state index is 0.366. The normalized spacial score (nSPS) is 11.7. The van der Waals surface area contributed by atoms with Gasteiger partial charge >= 0.3 is 6.18 Å². The zero-order valence-corrected chi connectivity index (χ0v) is 25.7. The first-order chi connectivity index (χ1) is 20.8. The Kier molecular flexibility index (Phi) is 14.4. The summed E-state index contributed by atoms with van der Waals surface area (Å²) in [6, 6.07) is 21.4. The first-order valence-corrected chi connectivity index (χ1v) is 15.9. The average molecular weight is 594 g/mol. The maximum atomic E-state index is 12.6. The molecule has 0 atom stereocenters. The van der Waals surface area contributed by atoms with E-state index in [9.17, 15) is 18.0 Å². The monoisotopic (exact) mass is 593 g/mol. The van der Waals surface area contributed by atoms with Crippen LogP contribution in [-0.4, -0.2) is 25.0 Å². The summed E-state index contributed by atoms with van der Waals surface area (Å²) in [6.45, 7) is 6.71. The second-order valence-corrected chi connectivity index (χ2v) is 11.2. The van der Waals surface area contributed by atoms with E-state index in [0.717, 1.165) is 36.3 Å². The van der Waals surface area contributed by atoms with Crippen molar-refractivity contribution in [3.05, 3.63) is 78.4 Å². The highest BCUT2D eigenvalue weighted by molar-refractivity contribution is 6.00. The van der Waals surface area contributed by atoms with E-state index >= 15 is 0 Å². The molecule has 0 fully saturated rings. The molecule has 4 nitrogen and oxygen atoms in total. The number of carbonyl (C=O) groups excluding carboxylic acids is 1. The van der Waals surface area contributed by atoms with Crippen LogP contribution < -0.4 is 4.90 Å². The van der Waals surface area contributed by atoms with E-state index in [-0.39, 0.29) is 0 Å². The quantitative estimate of drug-likeness (QED) is 0.0788. The number of benzene rings is 3. The first-order valence-electron chi connectivity index (χ1n) is 15.9. The number of unbranched alkanes of at least 4 members (excludes halogenated alkanes) is 10. The van der Waals surface area contributed by atoms with Crippen LogP contribution in [0.2, 0.25) is 0 Å². The fourth-order valence-electron chi connectivity index (χ4n) is 5.08. The van der Waals surface area contributed by atoms with Gasteiger partial charge in [-0.1, -0.05) is 102 Å². The van der Waals surface area contributed by atoms with Gasteiger partial charge in [0.05, 0.1) is 11.4 Å². The number of Topliss-reactive ketones (excluding diaryl/α,β-unsaturated/α-hetero) is 1. The Morgan fingerprint density at radius 3 is 1.42 bits per heavy atom. The number of hydrogen-bond donors (Lipinski definition) is 0. The van der Waals surface area contributed by atoms with Crippen molar-refractivity contribution in [2.24, 2.45) is 10.2 Å². The van der Waals surface area contributed by atoms with Gasteiger partial charge in [-0.2, -0.15) is 23.4 Å². The molecule has 0 unspecified atom stereocenters. The minimum Gasteiger partial charge on any atom is -0.372 e. The molecular formula is C36H46F3N3O. The standard InChI is InChI=1S/C36H46F3N3O/c1-3-5-7-9-11-13-27-42(28-14-12-10-8-6-4-2)34-25-19-30(20-26-34)29-15-21-32(22-16-29)40-41-33-23-17-31(18-24-33)35(43)36(37,38)39/h15-26H,3-14,27-28H2,1-2H3. The Morgan fingerprint density at radius 2 is 0.977 bits per heavy atom. The van der Waals surface area contributed by atoms with Crippen LogP contribution in [0.25, 0.3) is 11.1 Å². The summed E-state index contributed by atoms with van der Waals surface area (Å²) in [5.74, 6) is -1.87. The third kappa shape index (κ3) is 12.0. The highest BCUT2D eigenvalue weighted by Gasteiger charge is 2.39.